The number of thiazole rings is 1. The van der Waals surface area contributed by atoms with Gasteiger partial charge in [-0.1, -0.05) is 12.8 Å². The highest BCUT2D eigenvalue weighted by atomic mass is 32.1. The Labute approximate surface area is 205 Å². The van der Waals surface area contributed by atoms with Crippen LogP contribution in [0, 0.1) is 18.3 Å². The van der Waals surface area contributed by atoms with E-state index >= 15 is 0 Å². The third-order valence-corrected chi connectivity index (χ3v) is 7.46. The summed E-state index contributed by atoms with van der Waals surface area (Å²) in [6.45, 7) is 5.60. The van der Waals surface area contributed by atoms with E-state index in [1.165, 1.54) is 37.0 Å². The second-order valence-corrected chi connectivity index (χ2v) is 10.2. The Bertz CT molecular complexity index is 1010. The van der Waals surface area contributed by atoms with Gasteiger partial charge in [0.15, 0.2) is 5.13 Å². The Kier molecular flexibility index (Phi) is 8.43. The number of likely N-dealkylation sites (tertiary alicyclic amines) is 1. The van der Waals surface area contributed by atoms with Gasteiger partial charge in [-0.15, -0.1) is 11.3 Å². The molecule has 0 bridgehead atoms. The molecule has 1 atom stereocenters. The maximum atomic E-state index is 12.5. The van der Waals surface area contributed by atoms with E-state index in [9.17, 15) is 4.79 Å². The number of nitriles is 1. The van der Waals surface area contributed by atoms with Gasteiger partial charge in [-0.3, -0.25) is 9.69 Å². The summed E-state index contributed by atoms with van der Waals surface area (Å²) in [5.74, 6) is 1.54. The van der Waals surface area contributed by atoms with Gasteiger partial charge in [0.1, 0.15) is 17.3 Å². The largest absolute Gasteiger partial charge is 0.349 e. The summed E-state index contributed by atoms with van der Waals surface area (Å²) in [5, 5.41) is 17.7. The molecule has 1 saturated carbocycles. The van der Waals surface area contributed by atoms with E-state index in [1.807, 2.05) is 13.0 Å². The lowest BCUT2D eigenvalue weighted by atomic mass is 9.97. The molecule has 1 amide bonds. The molecule has 3 heterocycles. The van der Waals surface area contributed by atoms with Crippen molar-refractivity contribution in [3.8, 4) is 6.07 Å². The van der Waals surface area contributed by atoms with Gasteiger partial charge in [0, 0.05) is 48.7 Å². The first-order valence-corrected chi connectivity index (χ1v) is 13.1. The van der Waals surface area contributed by atoms with Crippen LogP contribution < -0.4 is 10.6 Å². The van der Waals surface area contributed by atoms with Crippen molar-refractivity contribution in [1.82, 2.24) is 30.1 Å². The number of likely N-dealkylation sites (N-methyl/N-ethyl adjacent to an activating group) is 1. The van der Waals surface area contributed by atoms with E-state index in [1.54, 1.807) is 5.38 Å². The molecular weight excluding hydrogens is 448 g/mol. The summed E-state index contributed by atoms with van der Waals surface area (Å²) in [4.78, 5) is 30.9. The minimum atomic E-state index is -0.150. The van der Waals surface area contributed by atoms with Crippen LogP contribution in [0.1, 0.15) is 66.4 Å². The fourth-order valence-corrected chi connectivity index (χ4v) is 5.55. The zero-order valence-electron chi connectivity index (χ0n) is 20.1. The van der Waals surface area contributed by atoms with Crippen LogP contribution in [0.25, 0.3) is 0 Å². The second kappa shape index (κ2) is 11.7. The van der Waals surface area contributed by atoms with Crippen molar-refractivity contribution in [2.24, 2.45) is 0 Å². The number of hydrogen-bond donors (Lipinski definition) is 2. The molecule has 2 fully saturated rings. The number of piperidine rings is 1. The molecule has 0 unspecified atom stereocenters. The lowest BCUT2D eigenvalue weighted by Gasteiger charge is -2.30. The van der Waals surface area contributed by atoms with Crippen LogP contribution in [-0.2, 0) is 0 Å². The molecule has 1 aliphatic heterocycles. The van der Waals surface area contributed by atoms with E-state index < -0.39 is 0 Å². The number of amides is 1. The number of rotatable bonds is 9. The van der Waals surface area contributed by atoms with Crippen LogP contribution in [0.4, 0.5) is 10.9 Å². The van der Waals surface area contributed by atoms with Crippen LogP contribution in [-0.4, -0.2) is 76.5 Å². The molecule has 10 heteroatoms. The zero-order chi connectivity index (χ0) is 23.9. The topological polar surface area (TPSA) is 110 Å². The van der Waals surface area contributed by atoms with Gasteiger partial charge in [-0.2, -0.15) is 5.26 Å². The minimum absolute atomic E-state index is 0.150. The van der Waals surface area contributed by atoms with Crippen LogP contribution >= 0.6 is 11.3 Å². The van der Waals surface area contributed by atoms with Crippen molar-refractivity contribution in [2.45, 2.75) is 57.4 Å². The van der Waals surface area contributed by atoms with Crippen molar-refractivity contribution >= 4 is 28.2 Å². The predicted octanol–water partition coefficient (Wildman–Crippen LogP) is 3.29. The Morgan fingerprint density at radius 2 is 2.09 bits per heavy atom. The summed E-state index contributed by atoms with van der Waals surface area (Å²) in [6.07, 6.45) is 7.19. The van der Waals surface area contributed by atoms with Crippen molar-refractivity contribution in [2.75, 3.05) is 45.1 Å². The molecule has 2 N–H and O–H groups in total. The van der Waals surface area contributed by atoms with Crippen molar-refractivity contribution in [3.63, 3.8) is 0 Å². The Balaban J connectivity index is 1.32. The third kappa shape index (κ3) is 6.50. The molecule has 9 nitrogen and oxygen atoms in total. The lowest BCUT2D eigenvalue weighted by Crippen LogP contribution is -2.37. The number of carbonyl (C=O) groups is 1. The van der Waals surface area contributed by atoms with E-state index in [0.29, 0.717) is 35.8 Å². The molecule has 0 aromatic carbocycles. The molecule has 0 spiro atoms. The SMILES string of the molecule is Cc1cc(Nc2nc(C(=O)NCCN(C)C3CCCC3)cs2)nc([C@@H]2CCCN(CC#N)C2)n1. The van der Waals surface area contributed by atoms with Crippen molar-refractivity contribution < 1.29 is 4.79 Å². The number of aryl methyl sites for hydroxylation is 1. The molecule has 2 aliphatic rings. The lowest BCUT2D eigenvalue weighted by molar-refractivity contribution is 0.0943. The Morgan fingerprint density at radius 1 is 1.26 bits per heavy atom. The smallest absolute Gasteiger partial charge is 0.270 e. The van der Waals surface area contributed by atoms with Gasteiger partial charge in [0.25, 0.3) is 5.91 Å². The molecule has 34 heavy (non-hydrogen) atoms. The summed E-state index contributed by atoms with van der Waals surface area (Å²) in [7, 11) is 2.14. The first-order chi connectivity index (χ1) is 16.5. The molecular formula is C24H34N8OS. The zero-order valence-corrected chi connectivity index (χ0v) is 20.9. The van der Waals surface area contributed by atoms with E-state index in [0.717, 1.165) is 44.0 Å². The highest BCUT2D eigenvalue weighted by Crippen LogP contribution is 2.27. The van der Waals surface area contributed by atoms with Crippen LogP contribution in [0.3, 0.4) is 0 Å². The van der Waals surface area contributed by atoms with E-state index in [-0.39, 0.29) is 11.8 Å². The fraction of sp³-hybridized carbons (Fsp3) is 0.625. The van der Waals surface area contributed by atoms with Crippen LogP contribution in [0.2, 0.25) is 0 Å². The molecule has 1 saturated heterocycles. The van der Waals surface area contributed by atoms with Crippen LogP contribution in [0.5, 0.6) is 0 Å². The fourth-order valence-electron chi connectivity index (χ4n) is 4.86. The Hall–Kier alpha value is -2.61. The minimum Gasteiger partial charge on any atom is -0.349 e. The number of aromatic nitrogens is 3. The first kappa shape index (κ1) is 24.5. The number of carbonyl (C=O) groups excluding carboxylic acids is 1. The molecule has 2 aromatic heterocycles. The molecule has 1 aliphatic carbocycles. The molecule has 0 radical (unpaired) electrons. The van der Waals surface area contributed by atoms with E-state index in [2.05, 4.69) is 43.5 Å². The average Bonchev–Trinajstić information content (AvgIpc) is 3.52. The quantitative estimate of drug-likeness (QED) is 0.524. The summed E-state index contributed by atoms with van der Waals surface area (Å²) in [6, 6.07) is 4.78. The number of nitrogens with zero attached hydrogens (tertiary/aromatic N) is 6. The predicted molar refractivity (Wildman–Crippen MR) is 133 cm³/mol. The van der Waals surface area contributed by atoms with Gasteiger partial charge in [0.2, 0.25) is 0 Å². The summed E-state index contributed by atoms with van der Waals surface area (Å²) < 4.78 is 0. The normalized spacial score (nSPS) is 19.3. The van der Waals surface area contributed by atoms with Crippen molar-refractivity contribution in [3.05, 3.63) is 28.7 Å². The third-order valence-electron chi connectivity index (χ3n) is 6.71. The maximum Gasteiger partial charge on any atom is 0.270 e. The Morgan fingerprint density at radius 3 is 2.88 bits per heavy atom. The average molecular weight is 483 g/mol. The van der Waals surface area contributed by atoms with Gasteiger partial charge in [-0.25, -0.2) is 15.0 Å². The van der Waals surface area contributed by atoms with Gasteiger partial charge in [-0.05, 0) is 46.2 Å². The standard InChI is InChI=1S/C24H34N8OS/c1-17-14-21(29-22(27-17)18-6-5-11-32(15-18)12-9-25)30-24-28-20(16-34-24)23(33)26-10-13-31(2)19-7-3-4-8-19/h14,16,18-19H,3-8,10-13,15H2,1-2H3,(H,26,33)(H,27,28,29,30)/t18-/m1/s1. The highest BCUT2D eigenvalue weighted by Gasteiger charge is 2.24. The second-order valence-electron chi connectivity index (χ2n) is 9.32. The monoisotopic (exact) mass is 482 g/mol. The van der Waals surface area contributed by atoms with Crippen LogP contribution in [0.15, 0.2) is 11.4 Å². The maximum absolute atomic E-state index is 12.5. The summed E-state index contributed by atoms with van der Waals surface area (Å²) in [5.41, 5.74) is 1.30. The molecule has 182 valence electrons. The molecule has 2 aromatic rings. The first-order valence-electron chi connectivity index (χ1n) is 12.2. The van der Waals surface area contributed by atoms with Gasteiger partial charge < -0.3 is 15.5 Å². The molecule has 4 rings (SSSR count). The summed E-state index contributed by atoms with van der Waals surface area (Å²) >= 11 is 1.39. The van der Waals surface area contributed by atoms with Gasteiger partial charge in [0.05, 0.1) is 12.6 Å². The highest BCUT2D eigenvalue weighted by molar-refractivity contribution is 7.14. The number of hydrogen-bond acceptors (Lipinski definition) is 9. The van der Waals surface area contributed by atoms with Gasteiger partial charge >= 0.3 is 0 Å². The number of nitrogens with one attached hydrogen (secondary N) is 2. The number of anilines is 2. The van der Waals surface area contributed by atoms with E-state index in [4.69, 9.17) is 10.2 Å². The van der Waals surface area contributed by atoms with Crippen molar-refractivity contribution in [1.29, 1.82) is 5.26 Å².